The lowest BCUT2D eigenvalue weighted by Gasteiger charge is -2.38. The SMILES string of the molecule is CCNCC1CCN(C(=O)C2CCCN(C(=O)Nc3ccccc3F)C2)CC1. The number of urea groups is 1. The minimum Gasteiger partial charge on any atom is -0.342 e. The van der Waals surface area contributed by atoms with Gasteiger partial charge in [0.1, 0.15) is 5.82 Å². The van der Waals surface area contributed by atoms with Gasteiger partial charge in [-0.2, -0.15) is 0 Å². The van der Waals surface area contributed by atoms with Gasteiger partial charge in [0.2, 0.25) is 5.91 Å². The zero-order valence-electron chi connectivity index (χ0n) is 16.6. The van der Waals surface area contributed by atoms with Gasteiger partial charge in [0.05, 0.1) is 11.6 Å². The predicted molar refractivity (Wildman–Crippen MR) is 108 cm³/mol. The number of halogens is 1. The molecule has 6 nitrogen and oxygen atoms in total. The monoisotopic (exact) mass is 390 g/mol. The molecule has 2 aliphatic heterocycles. The molecular formula is C21H31FN4O2. The molecule has 28 heavy (non-hydrogen) atoms. The zero-order valence-corrected chi connectivity index (χ0v) is 16.6. The first-order chi connectivity index (χ1) is 13.6. The number of amides is 3. The van der Waals surface area contributed by atoms with Crippen LogP contribution in [0.3, 0.4) is 0 Å². The first-order valence-corrected chi connectivity index (χ1v) is 10.4. The first kappa shape index (κ1) is 20.6. The van der Waals surface area contributed by atoms with Crippen LogP contribution in [0.2, 0.25) is 0 Å². The molecule has 0 aliphatic carbocycles. The molecule has 2 heterocycles. The fraction of sp³-hybridized carbons (Fsp3) is 0.619. The van der Waals surface area contributed by atoms with E-state index in [1.54, 1.807) is 17.0 Å². The number of nitrogens with one attached hydrogen (secondary N) is 2. The number of hydrogen-bond acceptors (Lipinski definition) is 3. The van der Waals surface area contributed by atoms with Crippen molar-refractivity contribution in [2.24, 2.45) is 11.8 Å². The third-order valence-electron chi connectivity index (χ3n) is 5.78. The van der Waals surface area contributed by atoms with Gasteiger partial charge in [-0.15, -0.1) is 0 Å². The molecule has 7 heteroatoms. The lowest BCUT2D eigenvalue weighted by Crippen LogP contribution is -2.49. The standard InChI is InChI=1S/C21H31FN4O2/c1-2-23-14-16-9-12-25(13-10-16)20(27)17-6-5-11-26(15-17)21(28)24-19-8-4-3-7-18(19)22/h3-4,7-8,16-17,23H,2,5-6,9-15H2,1H3,(H,24,28). The molecule has 1 atom stereocenters. The Kier molecular flexibility index (Phi) is 7.25. The minimum atomic E-state index is -0.457. The average molecular weight is 391 g/mol. The van der Waals surface area contributed by atoms with Crippen LogP contribution in [-0.4, -0.2) is 61.0 Å². The molecule has 1 unspecified atom stereocenters. The van der Waals surface area contributed by atoms with Crippen molar-refractivity contribution in [3.8, 4) is 0 Å². The van der Waals surface area contributed by atoms with E-state index in [4.69, 9.17) is 0 Å². The molecule has 0 saturated carbocycles. The number of piperidine rings is 2. The van der Waals surface area contributed by atoms with Gasteiger partial charge in [0.25, 0.3) is 0 Å². The van der Waals surface area contributed by atoms with Gasteiger partial charge in [-0.05, 0) is 56.8 Å². The summed E-state index contributed by atoms with van der Waals surface area (Å²) < 4.78 is 13.8. The maximum Gasteiger partial charge on any atom is 0.321 e. The Morgan fingerprint density at radius 3 is 2.57 bits per heavy atom. The normalized spacial score (nSPS) is 20.9. The minimum absolute atomic E-state index is 0.158. The molecular weight excluding hydrogens is 359 g/mol. The van der Waals surface area contributed by atoms with E-state index >= 15 is 0 Å². The van der Waals surface area contributed by atoms with E-state index in [1.807, 2.05) is 4.90 Å². The van der Waals surface area contributed by atoms with Crippen molar-refractivity contribution in [3.63, 3.8) is 0 Å². The Labute approximate surface area is 166 Å². The Hall–Kier alpha value is -2.15. The van der Waals surface area contributed by atoms with Crippen molar-refractivity contribution >= 4 is 17.6 Å². The molecule has 0 aromatic heterocycles. The number of anilines is 1. The second kappa shape index (κ2) is 9.87. The van der Waals surface area contributed by atoms with Crippen molar-refractivity contribution in [1.29, 1.82) is 0 Å². The fourth-order valence-electron chi connectivity index (χ4n) is 4.08. The highest BCUT2D eigenvalue weighted by Gasteiger charge is 2.33. The molecule has 2 aliphatic rings. The summed E-state index contributed by atoms with van der Waals surface area (Å²) in [6, 6.07) is 5.78. The summed E-state index contributed by atoms with van der Waals surface area (Å²) >= 11 is 0. The quantitative estimate of drug-likeness (QED) is 0.813. The maximum absolute atomic E-state index is 13.8. The van der Waals surface area contributed by atoms with Crippen LogP contribution >= 0.6 is 0 Å². The fourth-order valence-corrected chi connectivity index (χ4v) is 4.08. The van der Waals surface area contributed by atoms with Crippen LogP contribution in [0, 0.1) is 17.7 Å². The molecule has 3 rings (SSSR count). The van der Waals surface area contributed by atoms with Crippen LogP contribution in [0.25, 0.3) is 0 Å². The molecule has 2 saturated heterocycles. The van der Waals surface area contributed by atoms with Gasteiger partial charge < -0.3 is 20.4 Å². The van der Waals surface area contributed by atoms with Crippen LogP contribution in [0.1, 0.15) is 32.6 Å². The third-order valence-corrected chi connectivity index (χ3v) is 5.78. The van der Waals surface area contributed by atoms with Crippen LogP contribution in [0.4, 0.5) is 14.9 Å². The van der Waals surface area contributed by atoms with E-state index in [0.717, 1.165) is 51.9 Å². The van der Waals surface area contributed by atoms with Gasteiger partial charge in [0.15, 0.2) is 0 Å². The predicted octanol–water partition coefficient (Wildman–Crippen LogP) is 2.92. The summed E-state index contributed by atoms with van der Waals surface area (Å²) in [7, 11) is 0. The Balaban J connectivity index is 1.51. The molecule has 2 N–H and O–H groups in total. The molecule has 154 valence electrons. The molecule has 0 bridgehead atoms. The summed E-state index contributed by atoms with van der Waals surface area (Å²) in [4.78, 5) is 29.1. The van der Waals surface area contributed by atoms with Crippen molar-refractivity contribution < 1.29 is 14.0 Å². The zero-order chi connectivity index (χ0) is 19.9. The summed E-state index contributed by atoms with van der Waals surface area (Å²) in [6.45, 7) is 6.69. The van der Waals surface area contributed by atoms with Crippen molar-refractivity contribution in [1.82, 2.24) is 15.1 Å². The molecule has 0 radical (unpaired) electrons. The van der Waals surface area contributed by atoms with E-state index in [-0.39, 0.29) is 23.5 Å². The maximum atomic E-state index is 13.8. The topological polar surface area (TPSA) is 64.7 Å². The Bertz CT molecular complexity index is 676. The van der Waals surface area contributed by atoms with E-state index in [2.05, 4.69) is 17.6 Å². The van der Waals surface area contributed by atoms with Crippen LogP contribution in [-0.2, 0) is 4.79 Å². The summed E-state index contributed by atoms with van der Waals surface area (Å²) in [6.07, 6.45) is 3.66. The van der Waals surface area contributed by atoms with Gasteiger partial charge >= 0.3 is 6.03 Å². The average Bonchev–Trinajstić information content (AvgIpc) is 2.74. The lowest BCUT2D eigenvalue weighted by atomic mass is 9.93. The van der Waals surface area contributed by atoms with E-state index < -0.39 is 5.82 Å². The molecule has 2 fully saturated rings. The lowest BCUT2D eigenvalue weighted by molar-refractivity contribution is -0.138. The second-order valence-corrected chi connectivity index (χ2v) is 7.77. The smallest absolute Gasteiger partial charge is 0.321 e. The van der Waals surface area contributed by atoms with Crippen LogP contribution in [0.15, 0.2) is 24.3 Å². The van der Waals surface area contributed by atoms with Crippen molar-refractivity contribution in [2.75, 3.05) is 44.6 Å². The molecule has 0 spiro atoms. The molecule has 3 amide bonds. The highest BCUT2D eigenvalue weighted by Crippen LogP contribution is 2.24. The van der Waals surface area contributed by atoms with Gasteiger partial charge in [-0.3, -0.25) is 4.79 Å². The number of likely N-dealkylation sites (tertiary alicyclic amines) is 2. The van der Waals surface area contributed by atoms with Gasteiger partial charge in [0, 0.05) is 26.2 Å². The molecule has 1 aromatic rings. The van der Waals surface area contributed by atoms with Crippen LogP contribution < -0.4 is 10.6 Å². The number of benzene rings is 1. The number of hydrogen-bond donors (Lipinski definition) is 2. The summed E-state index contributed by atoms with van der Waals surface area (Å²) in [5.74, 6) is 0.176. The third kappa shape index (κ3) is 5.22. The number of nitrogens with zero attached hydrogens (tertiary/aromatic N) is 2. The highest BCUT2D eigenvalue weighted by molar-refractivity contribution is 5.90. The van der Waals surface area contributed by atoms with Gasteiger partial charge in [-0.1, -0.05) is 19.1 Å². The Morgan fingerprint density at radius 1 is 1.11 bits per heavy atom. The first-order valence-electron chi connectivity index (χ1n) is 10.4. The van der Waals surface area contributed by atoms with E-state index in [0.29, 0.717) is 19.0 Å². The van der Waals surface area contributed by atoms with Crippen molar-refractivity contribution in [3.05, 3.63) is 30.1 Å². The van der Waals surface area contributed by atoms with E-state index in [9.17, 15) is 14.0 Å². The van der Waals surface area contributed by atoms with Gasteiger partial charge in [-0.25, -0.2) is 9.18 Å². The van der Waals surface area contributed by atoms with Crippen molar-refractivity contribution in [2.45, 2.75) is 32.6 Å². The number of carbonyl (C=O) groups is 2. The largest absolute Gasteiger partial charge is 0.342 e. The van der Waals surface area contributed by atoms with Crippen LogP contribution in [0.5, 0.6) is 0 Å². The number of rotatable bonds is 5. The van der Waals surface area contributed by atoms with E-state index in [1.165, 1.54) is 12.1 Å². The number of carbonyl (C=O) groups excluding carboxylic acids is 2. The second-order valence-electron chi connectivity index (χ2n) is 7.77. The Morgan fingerprint density at radius 2 is 1.86 bits per heavy atom. The molecule has 1 aromatic carbocycles. The highest BCUT2D eigenvalue weighted by atomic mass is 19.1. The number of para-hydroxylation sites is 1. The summed E-state index contributed by atoms with van der Waals surface area (Å²) in [5, 5.41) is 6.01. The summed E-state index contributed by atoms with van der Waals surface area (Å²) in [5.41, 5.74) is 0.170.